The van der Waals surface area contributed by atoms with Gasteiger partial charge in [-0.1, -0.05) is 19.3 Å². The maximum absolute atomic E-state index is 13.1. The number of pyridine rings is 1. The van der Waals surface area contributed by atoms with Gasteiger partial charge in [0.05, 0.1) is 11.5 Å². The van der Waals surface area contributed by atoms with Crippen LogP contribution in [0.25, 0.3) is 0 Å². The number of ether oxygens (including phenoxy) is 1. The van der Waals surface area contributed by atoms with Crippen LogP contribution in [0.2, 0.25) is 0 Å². The van der Waals surface area contributed by atoms with Crippen molar-refractivity contribution in [2.45, 2.75) is 51.3 Å². The molecule has 1 saturated carbocycles. The molecular formula is C19H24N2O2S. The SMILES string of the molecule is COCc1ccc(C(=O)N(Cc2ccncc2)C2CCCCC2)s1. The molecule has 128 valence electrons. The lowest BCUT2D eigenvalue weighted by Crippen LogP contribution is -2.40. The van der Waals surface area contributed by atoms with Crippen LogP contribution in [0, 0.1) is 0 Å². The number of hydrogen-bond acceptors (Lipinski definition) is 4. The van der Waals surface area contributed by atoms with E-state index in [9.17, 15) is 4.79 Å². The van der Waals surface area contributed by atoms with E-state index in [1.54, 1.807) is 19.5 Å². The Bertz CT molecular complexity index is 650. The summed E-state index contributed by atoms with van der Waals surface area (Å²) in [4.78, 5) is 21.2. The van der Waals surface area contributed by atoms with Gasteiger partial charge in [0.25, 0.3) is 5.91 Å². The van der Waals surface area contributed by atoms with Gasteiger partial charge in [0.15, 0.2) is 0 Å². The van der Waals surface area contributed by atoms with E-state index in [0.29, 0.717) is 19.2 Å². The van der Waals surface area contributed by atoms with Crippen molar-refractivity contribution < 1.29 is 9.53 Å². The minimum absolute atomic E-state index is 0.145. The molecular weight excluding hydrogens is 320 g/mol. The summed E-state index contributed by atoms with van der Waals surface area (Å²) in [6, 6.07) is 8.26. The van der Waals surface area contributed by atoms with Crippen molar-refractivity contribution in [3.05, 3.63) is 52.0 Å². The molecule has 0 aliphatic heterocycles. The molecule has 0 radical (unpaired) electrons. The number of methoxy groups -OCH3 is 1. The van der Waals surface area contributed by atoms with E-state index in [4.69, 9.17) is 4.74 Å². The maximum Gasteiger partial charge on any atom is 0.264 e. The van der Waals surface area contributed by atoms with E-state index in [0.717, 1.165) is 28.2 Å². The van der Waals surface area contributed by atoms with E-state index < -0.39 is 0 Å². The zero-order valence-corrected chi connectivity index (χ0v) is 14.9. The van der Waals surface area contributed by atoms with Crippen LogP contribution in [-0.4, -0.2) is 28.9 Å². The van der Waals surface area contributed by atoms with Gasteiger partial charge in [-0.15, -0.1) is 11.3 Å². The largest absolute Gasteiger partial charge is 0.379 e. The smallest absolute Gasteiger partial charge is 0.264 e. The Morgan fingerprint density at radius 2 is 1.96 bits per heavy atom. The van der Waals surface area contributed by atoms with Gasteiger partial charge in [-0.2, -0.15) is 0 Å². The molecule has 2 aromatic rings. The van der Waals surface area contributed by atoms with Gasteiger partial charge in [-0.05, 0) is 42.7 Å². The highest BCUT2D eigenvalue weighted by Gasteiger charge is 2.27. The fraction of sp³-hybridized carbons (Fsp3) is 0.474. The van der Waals surface area contributed by atoms with E-state index >= 15 is 0 Å². The summed E-state index contributed by atoms with van der Waals surface area (Å²) < 4.78 is 5.17. The second kappa shape index (κ2) is 8.40. The van der Waals surface area contributed by atoms with Crippen molar-refractivity contribution in [3.63, 3.8) is 0 Å². The molecule has 2 aromatic heterocycles. The first-order valence-corrected chi connectivity index (χ1v) is 9.37. The van der Waals surface area contributed by atoms with Crippen molar-refractivity contribution in [1.82, 2.24) is 9.88 Å². The van der Waals surface area contributed by atoms with Gasteiger partial charge >= 0.3 is 0 Å². The molecule has 1 aliphatic rings. The van der Waals surface area contributed by atoms with Gasteiger partial charge in [0.2, 0.25) is 0 Å². The molecule has 2 heterocycles. The Kier molecular flexibility index (Phi) is 5.99. The number of thiophene rings is 1. The average Bonchev–Trinajstić information content (AvgIpc) is 3.10. The van der Waals surface area contributed by atoms with Crippen LogP contribution in [0.5, 0.6) is 0 Å². The van der Waals surface area contributed by atoms with Crippen LogP contribution in [0.3, 0.4) is 0 Å². The van der Waals surface area contributed by atoms with Gasteiger partial charge < -0.3 is 9.64 Å². The molecule has 4 nitrogen and oxygen atoms in total. The van der Waals surface area contributed by atoms with Crippen LogP contribution in [0.4, 0.5) is 0 Å². The molecule has 1 fully saturated rings. The first kappa shape index (κ1) is 17.1. The summed E-state index contributed by atoms with van der Waals surface area (Å²) in [7, 11) is 1.68. The minimum Gasteiger partial charge on any atom is -0.379 e. The van der Waals surface area contributed by atoms with Crippen molar-refractivity contribution in [2.24, 2.45) is 0 Å². The fourth-order valence-corrected chi connectivity index (χ4v) is 4.23. The molecule has 1 aliphatic carbocycles. The van der Waals surface area contributed by atoms with Crippen LogP contribution in [0.15, 0.2) is 36.7 Å². The standard InChI is InChI=1S/C19H24N2O2S/c1-23-14-17-7-8-18(24-17)19(22)21(16-5-3-2-4-6-16)13-15-9-11-20-12-10-15/h7-12,16H,2-6,13-14H2,1H3. The van der Waals surface area contributed by atoms with E-state index in [-0.39, 0.29) is 5.91 Å². The summed E-state index contributed by atoms with van der Waals surface area (Å²) in [5.41, 5.74) is 1.14. The molecule has 0 spiro atoms. The van der Waals surface area contributed by atoms with Crippen LogP contribution in [-0.2, 0) is 17.9 Å². The number of carbonyl (C=O) groups is 1. The highest BCUT2D eigenvalue weighted by molar-refractivity contribution is 7.14. The minimum atomic E-state index is 0.145. The Hall–Kier alpha value is -1.72. The van der Waals surface area contributed by atoms with Gasteiger partial charge in [0.1, 0.15) is 0 Å². The topological polar surface area (TPSA) is 42.4 Å². The summed E-state index contributed by atoms with van der Waals surface area (Å²) in [6.45, 7) is 1.22. The summed E-state index contributed by atoms with van der Waals surface area (Å²) in [5.74, 6) is 0.145. The third kappa shape index (κ3) is 4.22. The lowest BCUT2D eigenvalue weighted by Gasteiger charge is -2.34. The Balaban J connectivity index is 1.80. The van der Waals surface area contributed by atoms with Crippen molar-refractivity contribution >= 4 is 17.2 Å². The normalized spacial score (nSPS) is 15.4. The lowest BCUT2D eigenvalue weighted by molar-refractivity contribution is 0.0619. The summed E-state index contributed by atoms with van der Waals surface area (Å²) in [6.07, 6.45) is 9.50. The maximum atomic E-state index is 13.1. The Morgan fingerprint density at radius 3 is 2.67 bits per heavy atom. The fourth-order valence-electron chi connectivity index (χ4n) is 3.30. The number of nitrogens with zero attached hydrogens (tertiary/aromatic N) is 2. The predicted octanol–water partition coefficient (Wildman–Crippen LogP) is 4.26. The summed E-state index contributed by atoms with van der Waals surface area (Å²) >= 11 is 1.54. The number of carbonyl (C=O) groups excluding carboxylic acids is 1. The molecule has 0 bridgehead atoms. The molecule has 5 heteroatoms. The lowest BCUT2D eigenvalue weighted by atomic mass is 9.93. The van der Waals surface area contributed by atoms with E-state index in [2.05, 4.69) is 9.88 Å². The van der Waals surface area contributed by atoms with Gasteiger partial charge in [-0.25, -0.2) is 0 Å². The first-order valence-electron chi connectivity index (χ1n) is 8.55. The average molecular weight is 344 g/mol. The van der Waals surface area contributed by atoms with Crippen molar-refractivity contribution in [1.29, 1.82) is 0 Å². The van der Waals surface area contributed by atoms with Crippen molar-refractivity contribution in [3.8, 4) is 0 Å². The number of aromatic nitrogens is 1. The predicted molar refractivity (Wildman–Crippen MR) is 96.0 cm³/mol. The number of rotatable bonds is 6. The third-order valence-corrected chi connectivity index (χ3v) is 5.58. The molecule has 1 amide bonds. The molecule has 0 unspecified atom stereocenters. The third-order valence-electron chi connectivity index (χ3n) is 4.54. The zero-order chi connectivity index (χ0) is 16.8. The summed E-state index contributed by atoms with van der Waals surface area (Å²) in [5, 5.41) is 0. The van der Waals surface area contributed by atoms with E-state index in [1.807, 2.05) is 24.3 Å². The van der Waals surface area contributed by atoms with Crippen molar-refractivity contribution in [2.75, 3.05) is 7.11 Å². The molecule has 3 rings (SSSR count). The quantitative estimate of drug-likeness (QED) is 0.786. The van der Waals surface area contributed by atoms with Gasteiger partial charge in [0, 0.05) is 37.0 Å². The number of hydrogen-bond donors (Lipinski definition) is 0. The van der Waals surface area contributed by atoms with E-state index in [1.165, 1.54) is 30.6 Å². The van der Waals surface area contributed by atoms with Gasteiger partial charge in [-0.3, -0.25) is 9.78 Å². The van der Waals surface area contributed by atoms with Crippen LogP contribution in [0.1, 0.15) is 52.2 Å². The second-order valence-corrected chi connectivity index (χ2v) is 7.45. The Labute approximate surface area is 147 Å². The Morgan fingerprint density at radius 1 is 1.21 bits per heavy atom. The molecule has 0 atom stereocenters. The van der Waals surface area contributed by atoms with Crippen LogP contribution >= 0.6 is 11.3 Å². The molecule has 0 N–H and O–H groups in total. The molecule has 24 heavy (non-hydrogen) atoms. The monoisotopic (exact) mass is 344 g/mol. The highest BCUT2D eigenvalue weighted by Crippen LogP contribution is 2.27. The zero-order valence-electron chi connectivity index (χ0n) is 14.1. The first-order chi connectivity index (χ1) is 11.8. The van der Waals surface area contributed by atoms with Crippen LogP contribution < -0.4 is 0 Å². The second-order valence-electron chi connectivity index (χ2n) is 6.28. The number of amides is 1. The highest BCUT2D eigenvalue weighted by atomic mass is 32.1. The molecule has 0 aromatic carbocycles. The molecule has 0 saturated heterocycles.